The van der Waals surface area contributed by atoms with Crippen molar-refractivity contribution in [3.05, 3.63) is 29.6 Å². The van der Waals surface area contributed by atoms with E-state index < -0.39 is 11.9 Å². The van der Waals surface area contributed by atoms with Crippen LogP contribution in [0.3, 0.4) is 0 Å². The predicted octanol–water partition coefficient (Wildman–Crippen LogP) is 0.912. The molecule has 0 aliphatic rings. The van der Waals surface area contributed by atoms with Crippen LogP contribution in [0.4, 0.5) is 4.39 Å². The highest BCUT2D eigenvalue weighted by atomic mass is 35.5. The van der Waals surface area contributed by atoms with E-state index in [0.717, 1.165) is 0 Å². The monoisotopic (exact) mass is 206 g/mol. The largest absolute Gasteiger partial charge is 0.508 e. The smallest absolute Gasteiger partial charge is 0.123 e. The molecule has 0 unspecified atom stereocenters. The minimum atomic E-state index is -0.513. The Labute approximate surface area is 82.0 Å². The molecule has 0 amide bonds. The van der Waals surface area contributed by atoms with Crippen molar-refractivity contribution in [2.45, 2.75) is 6.04 Å². The van der Waals surface area contributed by atoms with Gasteiger partial charge >= 0.3 is 0 Å². The van der Waals surface area contributed by atoms with E-state index in [4.69, 9.17) is 11.5 Å². The molecule has 0 spiro atoms. The van der Waals surface area contributed by atoms with Crippen molar-refractivity contribution in [1.82, 2.24) is 0 Å². The van der Waals surface area contributed by atoms with Gasteiger partial charge in [-0.05, 0) is 18.2 Å². The molecule has 5 N–H and O–H groups in total. The van der Waals surface area contributed by atoms with E-state index >= 15 is 0 Å². The number of phenols is 1. The van der Waals surface area contributed by atoms with Gasteiger partial charge in [-0.15, -0.1) is 12.4 Å². The Morgan fingerprint density at radius 1 is 1.46 bits per heavy atom. The average Bonchev–Trinajstić information content (AvgIpc) is 2.08. The van der Waals surface area contributed by atoms with Gasteiger partial charge in [0.05, 0.1) is 0 Å². The summed E-state index contributed by atoms with van der Waals surface area (Å²) in [6.45, 7) is 0.178. The molecule has 3 nitrogen and oxygen atoms in total. The molecule has 0 radical (unpaired) electrons. The summed E-state index contributed by atoms with van der Waals surface area (Å²) in [7, 11) is 0. The maximum Gasteiger partial charge on any atom is 0.123 e. The van der Waals surface area contributed by atoms with Gasteiger partial charge in [-0.1, -0.05) is 0 Å². The van der Waals surface area contributed by atoms with E-state index in [1.54, 1.807) is 0 Å². The molecule has 0 saturated carbocycles. The van der Waals surface area contributed by atoms with E-state index in [-0.39, 0.29) is 24.7 Å². The first-order chi connectivity index (χ1) is 5.65. The summed E-state index contributed by atoms with van der Waals surface area (Å²) in [5.41, 5.74) is 11.1. The molecule has 1 aromatic carbocycles. The molecule has 0 heterocycles. The van der Waals surface area contributed by atoms with E-state index in [9.17, 15) is 9.50 Å². The predicted molar refractivity (Wildman–Crippen MR) is 51.3 cm³/mol. The molecular weight excluding hydrogens is 195 g/mol. The molecule has 13 heavy (non-hydrogen) atoms. The molecule has 0 fully saturated rings. The fourth-order valence-corrected chi connectivity index (χ4v) is 0.949. The van der Waals surface area contributed by atoms with Crippen molar-refractivity contribution in [1.29, 1.82) is 0 Å². The van der Waals surface area contributed by atoms with Gasteiger partial charge in [-0.2, -0.15) is 0 Å². The number of nitrogens with two attached hydrogens (primary N) is 2. The van der Waals surface area contributed by atoms with Crippen LogP contribution in [0.15, 0.2) is 18.2 Å². The highest BCUT2D eigenvalue weighted by Gasteiger charge is 2.09. The zero-order chi connectivity index (χ0) is 9.14. The number of hydrogen-bond acceptors (Lipinski definition) is 3. The molecule has 5 heteroatoms. The molecule has 1 aromatic rings. The van der Waals surface area contributed by atoms with E-state index in [0.29, 0.717) is 5.56 Å². The van der Waals surface area contributed by atoms with Gasteiger partial charge in [0, 0.05) is 18.2 Å². The van der Waals surface area contributed by atoms with Crippen LogP contribution in [-0.4, -0.2) is 11.7 Å². The van der Waals surface area contributed by atoms with Crippen molar-refractivity contribution in [2.75, 3.05) is 6.54 Å². The van der Waals surface area contributed by atoms with Crippen LogP contribution < -0.4 is 11.5 Å². The zero-order valence-corrected chi connectivity index (χ0v) is 7.72. The Bertz CT molecular complexity index is 283. The Hall–Kier alpha value is -0.840. The molecule has 1 rings (SSSR count). The van der Waals surface area contributed by atoms with Crippen LogP contribution in [-0.2, 0) is 0 Å². The minimum absolute atomic E-state index is 0. The molecule has 0 aliphatic carbocycles. The van der Waals surface area contributed by atoms with Gasteiger partial charge in [-0.3, -0.25) is 0 Å². The number of aromatic hydroxyl groups is 1. The van der Waals surface area contributed by atoms with Crippen molar-refractivity contribution in [3.8, 4) is 5.75 Å². The van der Waals surface area contributed by atoms with E-state index in [1.165, 1.54) is 18.2 Å². The number of phenolic OH excluding ortho intramolecular Hbond substituents is 1. The molecule has 0 bridgehead atoms. The fourth-order valence-electron chi connectivity index (χ4n) is 0.949. The Balaban J connectivity index is 0.00000144. The third kappa shape index (κ3) is 2.84. The van der Waals surface area contributed by atoms with Crippen LogP contribution in [0, 0.1) is 5.82 Å². The molecule has 0 aliphatic heterocycles. The summed E-state index contributed by atoms with van der Waals surface area (Å²) in [4.78, 5) is 0. The van der Waals surface area contributed by atoms with Gasteiger partial charge < -0.3 is 16.6 Å². The van der Waals surface area contributed by atoms with Gasteiger partial charge in [0.1, 0.15) is 11.6 Å². The number of rotatable bonds is 2. The number of benzene rings is 1. The quantitative estimate of drug-likeness (QED) is 0.674. The van der Waals surface area contributed by atoms with Crippen LogP contribution >= 0.6 is 12.4 Å². The van der Waals surface area contributed by atoms with Crippen molar-refractivity contribution in [2.24, 2.45) is 11.5 Å². The normalized spacial score (nSPS) is 11.9. The Kier molecular flexibility index (Phi) is 4.69. The molecule has 74 valence electrons. The summed E-state index contributed by atoms with van der Waals surface area (Å²) >= 11 is 0. The van der Waals surface area contributed by atoms with Crippen LogP contribution in [0.5, 0.6) is 5.75 Å². The topological polar surface area (TPSA) is 72.3 Å². The minimum Gasteiger partial charge on any atom is -0.508 e. The Morgan fingerprint density at radius 3 is 2.62 bits per heavy atom. The lowest BCUT2D eigenvalue weighted by Crippen LogP contribution is -2.20. The van der Waals surface area contributed by atoms with Crippen LogP contribution in [0.1, 0.15) is 11.6 Å². The van der Waals surface area contributed by atoms with E-state index in [1.807, 2.05) is 0 Å². The maximum atomic E-state index is 12.6. The molecule has 0 saturated heterocycles. The lowest BCUT2D eigenvalue weighted by Gasteiger charge is -2.10. The number of hydrogen-bond donors (Lipinski definition) is 3. The third-order valence-corrected chi connectivity index (χ3v) is 1.64. The summed E-state index contributed by atoms with van der Waals surface area (Å²) in [5, 5.41) is 9.23. The second-order valence-corrected chi connectivity index (χ2v) is 2.55. The lowest BCUT2D eigenvalue weighted by molar-refractivity contribution is 0.459. The summed E-state index contributed by atoms with van der Waals surface area (Å²) in [6.07, 6.45) is 0. The van der Waals surface area contributed by atoms with Gasteiger partial charge in [-0.25, -0.2) is 4.39 Å². The lowest BCUT2D eigenvalue weighted by atomic mass is 10.1. The summed E-state index contributed by atoms with van der Waals surface area (Å²) in [6, 6.07) is 3.11. The second-order valence-electron chi connectivity index (χ2n) is 2.55. The summed E-state index contributed by atoms with van der Waals surface area (Å²) in [5.74, 6) is -0.443. The fraction of sp³-hybridized carbons (Fsp3) is 0.250. The standard InChI is InChI=1S/C8H11FN2O.ClH/c9-5-1-2-8(12)6(3-5)7(11)4-10;/h1-3,7,12H,4,10-11H2;1H/t7-;/m0./s1. The molecule has 0 aromatic heterocycles. The van der Waals surface area contributed by atoms with E-state index in [2.05, 4.69) is 0 Å². The van der Waals surface area contributed by atoms with Crippen LogP contribution in [0.25, 0.3) is 0 Å². The zero-order valence-electron chi connectivity index (χ0n) is 6.90. The maximum absolute atomic E-state index is 12.6. The van der Waals surface area contributed by atoms with Crippen molar-refractivity contribution < 1.29 is 9.50 Å². The Morgan fingerprint density at radius 2 is 2.08 bits per heavy atom. The summed E-state index contributed by atoms with van der Waals surface area (Å²) < 4.78 is 12.6. The molecule has 1 atom stereocenters. The van der Waals surface area contributed by atoms with Gasteiger partial charge in [0.2, 0.25) is 0 Å². The van der Waals surface area contributed by atoms with Crippen molar-refractivity contribution in [3.63, 3.8) is 0 Å². The van der Waals surface area contributed by atoms with Crippen LogP contribution in [0.2, 0.25) is 0 Å². The SMILES string of the molecule is Cl.NC[C@H](N)c1cc(F)ccc1O. The first-order valence-electron chi connectivity index (χ1n) is 3.59. The third-order valence-electron chi connectivity index (χ3n) is 1.64. The van der Waals surface area contributed by atoms with Gasteiger partial charge in [0.15, 0.2) is 0 Å². The second kappa shape index (κ2) is 5.01. The number of halogens is 2. The first-order valence-corrected chi connectivity index (χ1v) is 3.59. The highest BCUT2D eigenvalue weighted by molar-refractivity contribution is 5.85. The average molecular weight is 207 g/mol. The first kappa shape index (κ1) is 12.2. The highest BCUT2D eigenvalue weighted by Crippen LogP contribution is 2.22. The molecular formula is C8H12ClFN2O. The van der Waals surface area contributed by atoms with Gasteiger partial charge in [0.25, 0.3) is 0 Å². The van der Waals surface area contributed by atoms with Crippen molar-refractivity contribution >= 4 is 12.4 Å².